The van der Waals surface area contributed by atoms with E-state index in [1.54, 1.807) is 42.6 Å². The van der Waals surface area contributed by atoms with Crippen molar-refractivity contribution in [3.05, 3.63) is 59.9 Å². The number of sulfone groups is 1. The third-order valence-electron chi connectivity index (χ3n) is 3.53. The standard InChI is InChI=1S/C15H14N2O3S/c18-15(11-4-3-8-16-10-11)17-13-7-9-21(19,20)14-6-2-1-5-12(13)14/h1-6,8,10,13H,7,9H2,(H,17,18)/t13-/m0/s1. The van der Waals surface area contributed by atoms with E-state index in [-0.39, 0.29) is 17.7 Å². The van der Waals surface area contributed by atoms with Gasteiger partial charge in [-0.2, -0.15) is 0 Å². The largest absolute Gasteiger partial charge is 0.345 e. The van der Waals surface area contributed by atoms with Crippen LogP contribution in [-0.4, -0.2) is 25.1 Å². The van der Waals surface area contributed by atoms with Crippen LogP contribution in [0.25, 0.3) is 0 Å². The summed E-state index contributed by atoms with van der Waals surface area (Å²) >= 11 is 0. The molecule has 1 aliphatic heterocycles. The van der Waals surface area contributed by atoms with Gasteiger partial charge in [0.25, 0.3) is 5.91 Å². The lowest BCUT2D eigenvalue weighted by Gasteiger charge is -2.26. The molecule has 5 nitrogen and oxygen atoms in total. The lowest BCUT2D eigenvalue weighted by Crippen LogP contribution is -2.33. The number of hydrogen-bond donors (Lipinski definition) is 1. The molecule has 0 radical (unpaired) electrons. The Hall–Kier alpha value is -2.21. The second kappa shape index (κ2) is 5.29. The molecule has 0 spiro atoms. The van der Waals surface area contributed by atoms with Gasteiger partial charge in [-0.25, -0.2) is 8.42 Å². The molecule has 0 fully saturated rings. The van der Waals surface area contributed by atoms with E-state index in [4.69, 9.17) is 0 Å². The normalized spacial score (nSPS) is 19.5. The lowest BCUT2D eigenvalue weighted by atomic mass is 10.0. The van der Waals surface area contributed by atoms with E-state index in [1.807, 2.05) is 0 Å². The summed E-state index contributed by atoms with van der Waals surface area (Å²) in [5.74, 6) is -0.204. The van der Waals surface area contributed by atoms with Gasteiger partial charge in [-0.1, -0.05) is 18.2 Å². The number of hydrogen-bond acceptors (Lipinski definition) is 4. The first kappa shape index (κ1) is 13.8. The lowest BCUT2D eigenvalue weighted by molar-refractivity contribution is 0.0934. The Bertz CT molecular complexity index is 773. The maximum Gasteiger partial charge on any atom is 0.253 e. The molecule has 0 saturated carbocycles. The van der Waals surface area contributed by atoms with Gasteiger partial charge in [-0.3, -0.25) is 9.78 Å². The molecule has 1 atom stereocenters. The van der Waals surface area contributed by atoms with Crippen LogP contribution >= 0.6 is 0 Å². The Morgan fingerprint density at radius 1 is 1.19 bits per heavy atom. The quantitative estimate of drug-likeness (QED) is 0.916. The van der Waals surface area contributed by atoms with Crippen molar-refractivity contribution in [3.63, 3.8) is 0 Å². The van der Waals surface area contributed by atoms with Crippen LogP contribution in [0.3, 0.4) is 0 Å². The minimum absolute atomic E-state index is 0.0437. The molecular formula is C15H14N2O3S. The Labute approximate surface area is 122 Å². The summed E-state index contributed by atoms with van der Waals surface area (Å²) in [5.41, 5.74) is 1.12. The van der Waals surface area contributed by atoms with Crippen molar-refractivity contribution in [1.82, 2.24) is 10.3 Å². The van der Waals surface area contributed by atoms with Crippen molar-refractivity contribution >= 4 is 15.7 Å². The molecule has 1 N–H and O–H groups in total. The summed E-state index contributed by atoms with van der Waals surface area (Å²) < 4.78 is 24.1. The third kappa shape index (κ3) is 2.67. The van der Waals surface area contributed by atoms with Crippen LogP contribution in [0.2, 0.25) is 0 Å². The van der Waals surface area contributed by atoms with Crippen LogP contribution in [0.15, 0.2) is 53.7 Å². The maximum atomic E-state index is 12.2. The molecule has 3 rings (SSSR count). The summed E-state index contributed by atoms with van der Waals surface area (Å²) in [6.45, 7) is 0. The molecule has 2 aromatic rings. The van der Waals surface area contributed by atoms with Crippen LogP contribution in [0.5, 0.6) is 0 Å². The molecule has 0 aliphatic carbocycles. The fraction of sp³-hybridized carbons (Fsp3) is 0.200. The first-order chi connectivity index (χ1) is 10.1. The molecule has 1 aromatic carbocycles. The molecule has 0 saturated heterocycles. The SMILES string of the molecule is O=C(N[C@H]1CCS(=O)(=O)c2ccccc21)c1cccnc1. The number of carbonyl (C=O) groups is 1. The van der Waals surface area contributed by atoms with E-state index < -0.39 is 9.84 Å². The van der Waals surface area contributed by atoms with Crippen molar-refractivity contribution < 1.29 is 13.2 Å². The zero-order valence-electron chi connectivity index (χ0n) is 11.2. The fourth-order valence-corrected chi connectivity index (χ4v) is 4.10. The minimum atomic E-state index is -3.24. The highest BCUT2D eigenvalue weighted by molar-refractivity contribution is 7.91. The Morgan fingerprint density at radius 3 is 2.76 bits per heavy atom. The van der Waals surface area contributed by atoms with E-state index >= 15 is 0 Å². The van der Waals surface area contributed by atoms with Crippen LogP contribution in [0.4, 0.5) is 0 Å². The molecule has 1 amide bonds. The predicted molar refractivity (Wildman–Crippen MR) is 77.6 cm³/mol. The average Bonchev–Trinajstić information content (AvgIpc) is 2.51. The minimum Gasteiger partial charge on any atom is -0.345 e. The molecule has 6 heteroatoms. The second-order valence-electron chi connectivity index (χ2n) is 4.91. The summed E-state index contributed by atoms with van der Waals surface area (Å²) in [6, 6.07) is 9.89. The predicted octanol–water partition coefficient (Wildman–Crippen LogP) is 1.73. The van der Waals surface area contributed by atoms with Gasteiger partial charge in [-0.15, -0.1) is 0 Å². The van der Waals surface area contributed by atoms with E-state index in [2.05, 4.69) is 10.3 Å². The third-order valence-corrected chi connectivity index (χ3v) is 5.35. The summed E-state index contributed by atoms with van der Waals surface area (Å²) in [6.07, 6.45) is 3.46. The maximum absolute atomic E-state index is 12.2. The van der Waals surface area contributed by atoms with Crippen molar-refractivity contribution in [2.24, 2.45) is 0 Å². The number of aromatic nitrogens is 1. The van der Waals surface area contributed by atoms with Crippen molar-refractivity contribution in [1.29, 1.82) is 0 Å². The molecule has 2 heterocycles. The molecular weight excluding hydrogens is 288 g/mol. The van der Waals surface area contributed by atoms with Gasteiger partial charge >= 0.3 is 0 Å². The number of pyridine rings is 1. The number of nitrogens with one attached hydrogen (secondary N) is 1. The second-order valence-corrected chi connectivity index (χ2v) is 6.99. The molecule has 0 unspecified atom stereocenters. The Balaban J connectivity index is 1.90. The van der Waals surface area contributed by atoms with Gasteiger partial charge in [0.05, 0.1) is 22.3 Å². The fourth-order valence-electron chi connectivity index (χ4n) is 2.48. The van der Waals surface area contributed by atoms with Crippen LogP contribution in [0, 0.1) is 0 Å². The summed E-state index contributed by atoms with van der Waals surface area (Å²) in [5, 5.41) is 2.89. The molecule has 1 aromatic heterocycles. The molecule has 21 heavy (non-hydrogen) atoms. The highest BCUT2D eigenvalue weighted by Gasteiger charge is 2.30. The van der Waals surface area contributed by atoms with Gasteiger partial charge in [0, 0.05) is 12.4 Å². The summed E-state index contributed by atoms with van der Waals surface area (Å²) in [7, 11) is -3.24. The molecule has 108 valence electrons. The van der Waals surface area contributed by atoms with Gasteiger partial charge < -0.3 is 5.32 Å². The first-order valence-electron chi connectivity index (χ1n) is 6.60. The van der Waals surface area contributed by atoms with Gasteiger partial charge in [-0.05, 0) is 30.2 Å². The Kier molecular flexibility index (Phi) is 3.47. The first-order valence-corrected chi connectivity index (χ1v) is 8.26. The van der Waals surface area contributed by atoms with Crippen LogP contribution < -0.4 is 5.32 Å². The smallest absolute Gasteiger partial charge is 0.253 e. The van der Waals surface area contributed by atoms with Crippen LogP contribution in [0.1, 0.15) is 28.4 Å². The van der Waals surface area contributed by atoms with E-state index in [0.29, 0.717) is 22.4 Å². The van der Waals surface area contributed by atoms with Gasteiger partial charge in [0.1, 0.15) is 0 Å². The summed E-state index contributed by atoms with van der Waals surface area (Å²) in [4.78, 5) is 16.4. The monoisotopic (exact) mass is 302 g/mol. The number of benzene rings is 1. The van der Waals surface area contributed by atoms with Crippen LogP contribution in [-0.2, 0) is 9.84 Å². The topological polar surface area (TPSA) is 76.1 Å². The molecule has 1 aliphatic rings. The number of nitrogens with zero attached hydrogens (tertiary/aromatic N) is 1. The highest BCUT2D eigenvalue weighted by atomic mass is 32.2. The number of rotatable bonds is 2. The number of carbonyl (C=O) groups excluding carboxylic acids is 1. The number of amides is 1. The Morgan fingerprint density at radius 2 is 2.00 bits per heavy atom. The van der Waals surface area contributed by atoms with Crippen molar-refractivity contribution in [3.8, 4) is 0 Å². The zero-order valence-corrected chi connectivity index (χ0v) is 12.0. The van der Waals surface area contributed by atoms with Gasteiger partial charge in [0.2, 0.25) is 0 Å². The van der Waals surface area contributed by atoms with E-state index in [9.17, 15) is 13.2 Å². The van der Waals surface area contributed by atoms with E-state index in [0.717, 1.165) is 0 Å². The van der Waals surface area contributed by atoms with Crippen molar-refractivity contribution in [2.45, 2.75) is 17.4 Å². The number of fused-ring (bicyclic) bond motifs is 1. The van der Waals surface area contributed by atoms with E-state index in [1.165, 1.54) is 6.20 Å². The zero-order chi connectivity index (χ0) is 14.9. The van der Waals surface area contributed by atoms with Crippen molar-refractivity contribution in [2.75, 3.05) is 5.75 Å². The average molecular weight is 302 g/mol. The van der Waals surface area contributed by atoms with Gasteiger partial charge in [0.15, 0.2) is 9.84 Å². The molecule has 0 bridgehead atoms. The highest BCUT2D eigenvalue weighted by Crippen LogP contribution is 2.31.